The van der Waals surface area contributed by atoms with Gasteiger partial charge in [0.25, 0.3) is 0 Å². The molecule has 0 aromatic heterocycles. The van der Waals surface area contributed by atoms with Gasteiger partial charge in [-0.2, -0.15) is 0 Å². The Kier molecular flexibility index (Phi) is 8.49. The fourth-order valence-electron chi connectivity index (χ4n) is 2.74. The molecule has 0 aromatic rings. The van der Waals surface area contributed by atoms with Gasteiger partial charge in [-0.15, -0.1) is 0 Å². The second kappa shape index (κ2) is 8.32. The molecule has 0 fully saturated rings. The lowest BCUT2D eigenvalue weighted by atomic mass is 11.2. The van der Waals surface area contributed by atoms with Crippen molar-refractivity contribution < 1.29 is 4.21 Å². The van der Waals surface area contributed by atoms with Crippen molar-refractivity contribution in [2.45, 2.75) is 0 Å². The number of hydrogen-bond donors (Lipinski definition) is 0. The van der Waals surface area contributed by atoms with Crippen molar-refractivity contribution in [2.75, 3.05) is 84.6 Å². The van der Waals surface area contributed by atoms with Gasteiger partial charge in [-0.25, -0.2) is 23.4 Å². The first-order chi connectivity index (χ1) is 9.42. The molecule has 0 aliphatic carbocycles. The molecular formula is C12H36N7P2+. The van der Waals surface area contributed by atoms with Gasteiger partial charge in [0.15, 0.2) is 0 Å². The zero-order chi connectivity index (χ0) is 17.1. The van der Waals surface area contributed by atoms with Crippen LogP contribution < -0.4 is 0 Å². The molecule has 0 saturated carbocycles. The highest BCUT2D eigenvalue weighted by molar-refractivity contribution is 7.61. The molecule has 0 bridgehead atoms. The lowest BCUT2D eigenvalue weighted by Crippen LogP contribution is -2.42. The molecule has 0 aromatic carbocycles. The van der Waals surface area contributed by atoms with Crippen LogP contribution in [0.4, 0.5) is 0 Å². The van der Waals surface area contributed by atoms with Gasteiger partial charge in [0.05, 0.1) is 0 Å². The van der Waals surface area contributed by atoms with Gasteiger partial charge in [-0.05, 0) is 70.5 Å². The fraction of sp³-hybridized carbons (Fsp3) is 1.00. The molecule has 0 spiro atoms. The van der Waals surface area contributed by atoms with E-state index < -0.39 is 15.9 Å². The summed E-state index contributed by atoms with van der Waals surface area (Å²) in [6.45, 7) is 0. The van der Waals surface area contributed by atoms with Crippen LogP contribution in [-0.2, 0) is 0 Å². The first-order valence-electron chi connectivity index (χ1n) is 6.97. The maximum absolute atomic E-state index is 2.53. The molecule has 0 heterocycles. The van der Waals surface area contributed by atoms with E-state index in [0.29, 0.717) is 0 Å². The van der Waals surface area contributed by atoms with Crippen LogP contribution in [0.1, 0.15) is 0 Å². The van der Waals surface area contributed by atoms with Crippen molar-refractivity contribution in [3.63, 3.8) is 0 Å². The van der Waals surface area contributed by atoms with Crippen LogP contribution in [-0.4, -0.2) is 117 Å². The Balaban J connectivity index is 6.77. The third-order valence-electron chi connectivity index (χ3n) is 3.08. The molecule has 9 heteroatoms. The summed E-state index contributed by atoms with van der Waals surface area (Å²) in [6.07, 6.45) is 0. The summed E-state index contributed by atoms with van der Waals surface area (Å²) >= 11 is 0. The Morgan fingerprint density at radius 1 is 0.571 bits per heavy atom. The second-order valence-electron chi connectivity index (χ2n) is 6.16. The van der Waals surface area contributed by atoms with Gasteiger partial charge in [0.1, 0.15) is 0 Å². The van der Waals surface area contributed by atoms with Crippen LogP contribution in [0.25, 0.3) is 0 Å². The highest BCUT2D eigenvalue weighted by Gasteiger charge is 2.47. The highest BCUT2D eigenvalue weighted by Crippen LogP contribution is 2.61. The monoisotopic (exact) mass is 340 g/mol. The van der Waals surface area contributed by atoms with E-state index in [1.54, 1.807) is 0 Å². The Morgan fingerprint density at radius 3 is 1.00 bits per heavy atom. The smallest absolute Gasteiger partial charge is 0.217 e. The first kappa shape index (κ1) is 21.4. The third kappa shape index (κ3) is 4.24. The van der Waals surface area contributed by atoms with Crippen LogP contribution in [0.15, 0.2) is 0 Å². The Bertz CT molecular complexity index is 341. The summed E-state index contributed by atoms with van der Waals surface area (Å²) in [6, 6.07) is 0. The summed E-state index contributed by atoms with van der Waals surface area (Å²) in [5, 5.41) is 2.24. The van der Waals surface area contributed by atoms with E-state index in [-0.39, 0.29) is 0 Å². The van der Waals surface area contributed by atoms with Crippen molar-refractivity contribution in [3.05, 3.63) is 0 Å². The Morgan fingerprint density at radius 2 is 0.857 bits per heavy atom. The molecule has 0 aliphatic rings. The number of hydrogen-bond acceptors (Lipinski definition) is 2. The SMILES string of the molecule is CN(C)[N+](P(N(C)C)N(C)C)=P(N(C)C)(N(C)C)N(C)C. The van der Waals surface area contributed by atoms with Crippen LogP contribution in [0.5, 0.6) is 0 Å². The molecule has 128 valence electrons. The summed E-state index contributed by atoms with van der Waals surface area (Å²) in [5.41, 5.74) is 0. The van der Waals surface area contributed by atoms with Crippen LogP contribution in [0, 0.1) is 0 Å². The topological polar surface area (TPSA) is 22.5 Å². The second-order valence-corrected chi connectivity index (χ2v) is 12.8. The molecule has 0 aliphatic heterocycles. The molecule has 0 atom stereocenters. The Hall–Kier alpha value is 0.420. The average Bonchev–Trinajstić information content (AvgIpc) is 2.25. The van der Waals surface area contributed by atoms with E-state index in [2.05, 4.69) is 117 Å². The van der Waals surface area contributed by atoms with Crippen LogP contribution in [0.2, 0.25) is 0 Å². The van der Waals surface area contributed by atoms with Crippen molar-refractivity contribution >= 4 is 15.9 Å². The molecule has 0 radical (unpaired) electrons. The predicted octanol–water partition coefficient (Wildman–Crippen LogP) is 1.46. The maximum Gasteiger partial charge on any atom is 0.372 e. The minimum Gasteiger partial charge on any atom is -0.217 e. The largest absolute Gasteiger partial charge is 0.372 e. The summed E-state index contributed by atoms with van der Waals surface area (Å²) in [7, 11) is 23.4. The fourth-order valence-corrected chi connectivity index (χ4v) is 11.3. The molecule has 0 saturated heterocycles. The van der Waals surface area contributed by atoms with Crippen LogP contribution in [0.3, 0.4) is 0 Å². The maximum atomic E-state index is 2.53. The predicted molar refractivity (Wildman–Crippen MR) is 96.2 cm³/mol. The van der Waals surface area contributed by atoms with Gasteiger partial charge < -0.3 is 0 Å². The van der Waals surface area contributed by atoms with Gasteiger partial charge in [0, 0.05) is 14.1 Å². The molecule has 21 heavy (non-hydrogen) atoms. The molecule has 7 nitrogen and oxygen atoms in total. The van der Waals surface area contributed by atoms with Gasteiger partial charge in [-0.1, -0.05) is 9.22 Å². The lowest BCUT2D eigenvalue weighted by molar-refractivity contribution is -0.545. The zero-order valence-electron chi connectivity index (χ0n) is 16.0. The van der Waals surface area contributed by atoms with Crippen molar-refractivity contribution in [1.29, 1.82) is 0 Å². The van der Waals surface area contributed by atoms with E-state index in [1.807, 2.05) is 0 Å². The van der Waals surface area contributed by atoms with E-state index in [4.69, 9.17) is 0 Å². The van der Waals surface area contributed by atoms with Crippen LogP contribution >= 0.6 is 15.9 Å². The normalized spacial score (nSPS) is 13.9. The van der Waals surface area contributed by atoms with E-state index in [0.717, 1.165) is 0 Å². The third-order valence-corrected chi connectivity index (χ3v) is 10.4. The quantitative estimate of drug-likeness (QED) is 0.513. The standard InChI is InChI=1S/C12H36N7P2/c1-13(2)19(20(14(3)4)15(5)6)21(16(7)8,17(9)10)18(11)12/h1-12H3/q+1. The summed E-state index contributed by atoms with van der Waals surface area (Å²) < 4.78 is 14.2. The van der Waals surface area contributed by atoms with Gasteiger partial charge >= 0.3 is 15.9 Å². The van der Waals surface area contributed by atoms with E-state index >= 15 is 0 Å². The highest BCUT2D eigenvalue weighted by atomic mass is 31.2. The van der Waals surface area contributed by atoms with Crippen molar-refractivity contribution in [2.24, 2.45) is 0 Å². The first-order valence-corrected chi connectivity index (χ1v) is 9.77. The zero-order valence-corrected chi connectivity index (χ0v) is 17.8. The molecule has 0 unspecified atom stereocenters. The van der Waals surface area contributed by atoms with Gasteiger partial charge in [-0.3, -0.25) is 0 Å². The number of hydrazine groups is 1. The minimum atomic E-state index is -1.84. The number of nitrogens with zero attached hydrogens (tertiary/aromatic N) is 7. The summed E-state index contributed by atoms with van der Waals surface area (Å²) in [5.74, 6) is 0. The lowest BCUT2D eigenvalue weighted by Gasteiger charge is -2.41. The Labute approximate surface area is 133 Å². The van der Waals surface area contributed by atoms with Gasteiger partial charge in [0.2, 0.25) is 0 Å². The summed E-state index contributed by atoms with van der Waals surface area (Å²) in [4.78, 5) is 0. The van der Waals surface area contributed by atoms with Crippen molar-refractivity contribution in [3.8, 4) is 0 Å². The molecule has 0 N–H and O–H groups in total. The molecular weight excluding hydrogens is 304 g/mol. The van der Waals surface area contributed by atoms with E-state index in [9.17, 15) is 0 Å². The minimum absolute atomic E-state index is 0.617. The molecule has 0 amide bonds. The number of rotatable bonds is 7. The average molecular weight is 340 g/mol. The van der Waals surface area contributed by atoms with E-state index in [1.165, 1.54) is 0 Å². The molecule has 0 rings (SSSR count). The van der Waals surface area contributed by atoms with Crippen molar-refractivity contribution in [1.82, 2.24) is 28.4 Å².